The van der Waals surface area contributed by atoms with E-state index < -0.39 is 5.97 Å². The average molecular weight is 402 g/mol. The van der Waals surface area contributed by atoms with E-state index in [-0.39, 0.29) is 5.56 Å². The second-order valence-corrected chi connectivity index (χ2v) is 6.75. The third-order valence-corrected chi connectivity index (χ3v) is 4.68. The number of carbonyl (C=O) groups is 1. The van der Waals surface area contributed by atoms with Crippen LogP contribution in [0.4, 0.5) is 5.82 Å². The molecule has 0 saturated carbocycles. The zero-order valence-corrected chi connectivity index (χ0v) is 15.8. The largest absolute Gasteiger partial charge is 0.478 e. The topological polar surface area (TPSA) is 57.8 Å². The number of aromatic nitrogens is 2. The number of anilines is 1. The summed E-state index contributed by atoms with van der Waals surface area (Å²) >= 11 is 3.51. The number of aromatic carboxylic acids is 1. The van der Waals surface area contributed by atoms with E-state index in [1.165, 1.54) is 5.56 Å². The van der Waals surface area contributed by atoms with E-state index in [0.717, 1.165) is 41.1 Å². The zero-order chi connectivity index (χ0) is 18.0. The number of imidazole rings is 1. The molecule has 0 aliphatic carbocycles. The second-order valence-electron chi connectivity index (χ2n) is 5.83. The highest BCUT2D eigenvalue weighted by Crippen LogP contribution is 2.26. The molecule has 0 saturated heterocycles. The lowest BCUT2D eigenvalue weighted by Crippen LogP contribution is -2.24. The number of hydrogen-bond donors (Lipinski definition) is 1. The molecule has 1 aromatic carbocycles. The number of fused-ring (bicyclic) bond motifs is 1. The number of nitrogens with zero attached hydrogens (tertiary/aromatic N) is 3. The molecule has 0 aliphatic heterocycles. The first-order valence-corrected chi connectivity index (χ1v) is 9.06. The maximum Gasteiger partial charge on any atom is 0.337 e. The molecule has 0 aliphatic rings. The maximum absolute atomic E-state index is 11.3. The summed E-state index contributed by atoms with van der Waals surface area (Å²) in [5.41, 5.74) is 3.18. The van der Waals surface area contributed by atoms with Gasteiger partial charge in [0.1, 0.15) is 11.5 Å². The van der Waals surface area contributed by atoms with E-state index in [0.29, 0.717) is 0 Å². The van der Waals surface area contributed by atoms with Crippen LogP contribution in [0, 0.1) is 0 Å². The van der Waals surface area contributed by atoms with Crippen LogP contribution in [0.15, 0.2) is 47.1 Å². The number of carboxylic acid groups (broad SMARTS) is 1. The SMILES string of the molecule is CCc1nc2ccc(C(=O)O)cn2c1N(CC)Cc1cccc(Br)c1. The van der Waals surface area contributed by atoms with Gasteiger partial charge in [0.25, 0.3) is 0 Å². The standard InChI is InChI=1S/C19H20BrN3O2/c1-3-16-18(22(4-2)11-13-6-5-7-15(20)10-13)23-12-14(19(24)25)8-9-17(23)21-16/h5-10,12H,3-4,11H2,1-2H3,(H,24,25). The maximum atomic E-state index is 11.3. The van der Waals surface area contributed by atoms with Gasteiger partial charge < -0.3 is 10.0 Å². The zero-order valence-electron chi connectivity index (χ0n) is 14.2. The van der Waals surface area contributed by atoms with Crippen LogP contribution in [0.25, 0.3) is 5.65 Å². The molecule has 3 rings (SSSR count). The highest BCUT2D eigenvalue weighted by atomic mass is 79.9. The molecule has 1 N–H and O–H groups in total. The number of pyridine rings is 1. The minimum atomic E-state index is -0.936. The monoisotopic (exact) mass is 401 g/mol. The van der Waals surface area contributed by atoms with Crippen LogP contribution in [0.1, 0.15) is 35.5 Å². The van der Waals surface area contributed by atoms with E-state index in [1.807, 2.05) is 16.5 Å². The summed E-state index contributed by atoms with van der Waals surface area (Å²) in [7, 11) is 0. The Balaban J connectivity index is 2.09. The van der Waals surface area contributed by atoms with E-state index >= 15 is 0 Å². The quantitative estimate of drug-likeness (QED) is 0.665. The van der Waals surface area contributed by atoms with Gasteiger partial charge in [-0.1, -0.05) is 35.0 Å². The minimum Gasteiger partial charge on any atom is -0.478 e. The molecular weight excluding hydrogens is 382 g/mol. The van der Waals surface area contributed by atoms with Crippen LogP contribution in [0.3, 0.4) is 0 Å². The molecule has 5 nitrogen and oxygen atoms in total. The summed E-state index contributed by atoms with van der Waals surface area (Å²) in [6.45, 7) is 5.69. The fourth-order valence-corrected chi connectivity index (χ4v) is 3.42. The molecule has 25 heavy (non-hydrogen) atoms. The third kappa shape index (κ3) is 3.54. The highest BCUT2D eigenvalue weighted by Gasteiger charge is 2.18. The molecule has 0 bridgehead atoms. The van der Waals surface area contributed by atoms with Crippen LogP contribution in [-0.4, -0.2) is 27.0 Å². The summed E-state index contributed by atoms with van der Waals surface area (Å²) < 4.78 is 2.94. The number of hydrogen-bond acceptors (Lipinski definition) is 3. The predicted molar refractivity (Wildman–Crippen MR) is 102 cm³/mol. The van der Waals surface area contributed by atoms with Gasteiger partial charge in [-0.25, -0.2) is 9.78 Å². The smallest absolute Gasteiger partial charge is 0.337 e. The first-order chi connectivity index (χ1) is 12.0. The number of aryl methyl sites for hydroxylation is 1. The van der Waals surface area contributed by atoms with Gasteiger partial charge in [0.05, 0.1) is 11.3 Å². The van der Waals surface area contributed by atoms with Crippen LogP contribution in [0.5, 0.6) is 0 Å². The van der Waals surface area contributed by atoms with Crippen molar-refractivity contribution < 1.29 is 9.90 Å². The number of rotatable bonds is 6. The Bertz CT molecular complexity index is 920. The molecule has 3 aromatic rings. The molecule has 0 unspecified atom stereocenters. The van der Waals surface area contributed by atoms with Crippen molar-refractivity contribution in [1.29, 1.82) is 0 Å². The molecule has 2 aromatic heterocycles. The van der Waals surface area contributed by atoms with Crippen LogP contribution in [-0.2, 0) is 13.0 Å². The summed E-state index contributed by atoms with van der Waals surface area (Å²) in [6, 6.07) is 11.6. The lowest BCUT2D eigenvalue weighted by molar-refractivity contribution is 0.0696. The van der Waals surface area contributed by atoms with E-state index in [1.54, 1.807) is 18.3 Å². The summed E-state index contributed by atoms with van der Waals surface area (Å²) in [4.78, 5) is 18.3. The van der Waals surface area contributed by atoms with Crippen molar-refractivity contribution in [3.05, 3.63) is 63.9 Å². The molecule has 0 spiro atoms. The molecular formula is C19H20BrN3O2. The van der Waals surface area contributed by atoms with Crippen molar-refractivity contribution in [3.63, 3.8) is 0 Å². The molecule has 0 fully saturated rings. The van der Waals surface area contributed by atoms with Crippen molar-refractivity contribution in [2.75, 3.05) is 11.4 Å². The number of halogens is 1. The summed E-state index contributed by atoms with van der Waals surface area (Å²) in [6.07, 6.45) is 2.44. The van der Waals surface area contributed by atoms with Gasteiger partial charge in [0, 0.05) is 23.8 Å². The summed E-state index contributed by atoms with van der Waals surface area (Å²) in [5.74, 6) is 0.0257. The molecule has 2 heterocycles. The number of benzene rings is 1. The Morgan fingerprint density at radius 1 is 1.28 bits per heavy atom. The lowest BCUT2D eigenvalue weighted by Gasteiger charge is -2.24. The lowest BCUT2D eigenvalue weighted by atomic mass is 10.2. The van der Waals surface area contributed by atoms with Gasteiger partial charge in [0.15, 0.2) is 0 Å². The van der Waals surface area contributed by atoms with Crippen molar-refractivity contribution in [2.24, 2.45) is 0 Å². The minimum absolute atomic E-state index is 0.257. The number of carboxylic acids is 1. The van der Waals surface area contributed by atoms with Gasteiger partial charge in [-0.05, 0) is 43.2 Å². The van der Waals surface area contributed by atoms with Gasteiger partial charge in [0.2, 0.25) is 0 Å². The van der Waals surface area contributed by atoms with E-state index in [2.05, 4.69) is 51.8 Å². The average Bonchev–Trinajstić information content (AvgIpc) is 2.97. The molecule has 130 valence electrons. The van der Waals surface area contributed by atoms with Crippen LogP contribution >= 0.6 is 15.9 Å². The fourth-order valence-electron chi connectivity index (χ4n) is 2.97. The Labute approximate surface area is 155 Å². The van der Waals surface area contributed by atoms with Crippen molar-refractivity contribution in [1.82, 2.24) is 9.38 Å². The third-order valence-electron chi connectivity index (χ3n) is 4.19. The van der Waals surface area contributed by atoms with Gasteiger partial charge in [-0.2, -0.15) is 0 Å². The van der Waals surface area contributed by atoms with Crippen molar-refractivity contribution in [2.45, 2.75) is 26.8 Å². The summed E-state index contributed by atoms with van der Waals surface area (Å²) in [5, 5.41) is 9.31. The van der Waals surface area contributed by atoms with E-state index in [4.69, 9.17) is 0 Å². The van der Waals surface area contributed by atoms with Crippen LogP contribution in [0.2, 0.25) is 0 Å². The normalized spacial score (nSPS) is 11.0. The highest BCUT2D eigenvalue weighted by molar-refractivity contribution is 9.10. The van der Waals surface area contributed by atoms with Crippen molar-refractivity contribution in [3.8, 4) is 0 Å². The fraction of sp³-hybridized carbons (Fsp3) is 0.263. The first-order valence-electron chi connectivity index (χ1n) is 8.27. The van der Waals surface area contributed by atoms with E-state index in [9.17, 15) is 9.90 Å². The molecule has 0 atom stereocenters. The van der Waals surface area contributed by atoms with Gasteiger partial charge in [-0.3, -0.25) is 4.40 Å². The van der Waals surface area contributed by atoms with Gasteiger partial charge >= 0.3 is 5.97 Å². The Hall–Kier alpha value is -2.34. The molecule has 6 heteroatoms. The van der Waals surface area contributed by atoms with Crippen LogP contribution < -0.4 is 4.90 Å². The van der Waals surface area contributed by atoms with Crippen molar-refractivity contribution >= 4 is 33.4 Å². The van der Waals surface area contributed by atoms with Gasteiger partial charge in [-0.15, -0.1) is 0 Å². The first kappa shape index (κ1) is 17.5. The second kappa shape index (κ2) is 7.27. The Kier molecular flexibility index (Phi) is 5.08. The molecule has 0 radical (unpaired) electrons. The Morgan fingerprint density at radius 2 is 2.08 bits per heavy atom. The Morgan fingerprint density at radius 3 is 2.72 bits per heavy atom. The predicted octanol–water partition coefficient (Wildman–Crippen LogP) is 4.38. The molecule has 0 amide bonds.